The Kier molecular flexibility index (Phi) is 1.77. The molecule has 0 aromatic carbocycles. The van der Waals surface area contributed by atoms with Gasteiger partial charge in [-0.15, -0.1) is 0 Å². The second-order valence-corrected chi connectivity index (χ2v) is 3.92. The monoisotopic (exact) mass is 143 g/mol. The SMILES string of the molecule is CC(C)(O)[C@]1(C)CCCN1. The molecule has 1 aliphatic rings. The van der Waals surface area contributed by atoms with Gasteiger partial charge < -0.3 is 10.4 Å². The van der Waals surface area contributed by atoms with Gasteiger partial charge in [-0.2, -0.15) is 0 Å². The normalized spacial score (nSPS) is 34.8. The van der Waals surface area contributed by atoms with Gasteiger partial charge in [-0.25, -0.2) is 0 Å². The first-order valence-corrected chi connectivity index (χ1v) is 3.93. The molecule has 1 saturated heterocycles. The maximum absolute atomic E-state index is 9.71. The molecule has 2 heteroatoms. The lowest BCUT2D eigenvalue weighted by molar-refractivity contribution is -0.00415. The molecule has 0 saturated carbocycles. The highest BCUT2D eigenvalue weighted by Crippen LogP contribution is 2.29. The molecule has 2 N–H and O–H groups in total. The molecule has 1 rings (SSSR count). The quantitative estimate of drug-likeness (QED) is 0.571. The minimum Gasteiger partial charge on any atom is -0.389 e. The maximum Gasteiger partial charge on any atom is 0.0769 e. The lowest BCUT2D eigenvalue weighted by atomic mass is 9.83. The first-order valence-electron chi connectivity index (χ1n) is 3.93. The van der Waals surface area contributed by atoms with Crippen molar-refractivity contribution >= 4 is 0 Å². The summed E-state index contributed by atoms with van der Waals surface area (Å²) >= 11 is 0. The molecule has 0 spiro atoms. The molecule has 0 unspecified atom stereocenters. The van der Waals surface area contributed by atoms with Crippen LogP contribution in [0.1, 0.15) is 33.6 Å². The van der Waals surface area contributed by atoms with Crippen molar-refractivity contribution in [1.29, 1.82) is 0 Å². The van der Waals surface area contributed by atoms with E-state index in [-0.39, 0.29) is 5.54 Å². The standard InChI is InChI=1S/C8H17NO/c1-7(2,10)8(3)5-4-6-9-8/h9-10H,4-6H2,1-3H3/t8-/m0/s1. The molecule has 1 fully saturated rings. The summed E-state index contributed by atoms with van der Waals surface area (Å²) in [4.78, 5) is 0. The van der Waals surface area contributed by atoms with Crippen molar-refractivity contribution in [2.75, 3.05) is 6.54 Å². The van der Waals surface area contributed by atoms with Crippen molar-refractivity contribution in [2.24, 2.45) is 0 Å². The summed E-state index contributed by atoms with van der Waals surface area (Å²) in [5.74, 6) is 0. The van der Waals surface area contributed by atoms with Crippen LogP contribution in [0.25, 0.3) is 0 Å². The van der Waals surface area contributed by atoms with Crippen LogP contribution < -0.4 is 5.32 Å². The lowest BCUT2D eigenvalue weighted by Gasteiger charge is -2.37. The van der Waals surface area contributed by atoms with E-state index in [0.29, 0.717) is 0 Å². The molecule has 0 aromatic rings. The van der Waals surface area contributed by atoms with Crippen LogP contribution in [0.5, 0.6) is 0 Å². The van der Waals surface area contributed by atoms with E-state index in [9.17, 15) is 5.11 Å². The van der Waals surface area contributed by atoms with E-state index in [1.54, 1.807) is 0 Å². The summed E-state index contributed by atoms with van der Waals surface area (Å²) in [5, 5.41) is 13.0. The van der Waals surface area contributed by atoms with Crippen LogP contribution in [0.15, 0.2) is 0 Å². The van der Waals surface area contributed by atoms with Gasteiger partial charge in [0.2, 0.25) is 0 Å². The van der Waals surface area contributed by atoms with Crippen molar-refractivity contribution < 1.29 is 5.11 Å². The number of rotatable bonds is 1. The fraction of sp³-hybridized carbons (Fsp3) is 1.00. The van der Waals surface area contributed by atoms with Gasteiger partial charge in [-0.1, -0.05) is 0 Å². The third kappa shape index (κ3) is 1.18. The van der Waals surface area contributed by atoms with Crippen molar-refractivity contribution in [3.8, 4) is 0 Å². The van der Waals surface area contributed by atoms with Gasteiger partial charge in [-0.05, 0) is 40.2 Å². The van der Waals surface area contributed by atoms with E-state index in [2.05, 4.69) is 12.2 Å². The van der Waals surface area contributed by atoms with Crippen LogP contribution in [0.4, 0.5) is 0 Å². The summed E-state index contributed by atoms with van der Waals surface area (Å²) in [6.07, 6.45) is 2.26. The molecule has 0 radical (unpaired) electrons. The third-order valence-corrected chi connectivity index (χ3v) is 2.72. The first kappa shape index (κ1) is 8.02. The molecule has 1 aliphatic heterocycles. The Morgan fingerprint density at radius 3 is 2.30 bits per heavy atom. The van der Waals surface area contributed by atoms with Crippen molar-refractivity contribution in [3.05, 3.63) is 0 Å². The minimum atomic E-state index is -0.594. The molecular formula is C8H17NO. The van der Waals surface area contributed by atoms with Crippen molar-refractivity contribution in [2.45, 2.75) is 44.8 Å². The molecule has 0 bridgehead atoms. The molecular weight excluding hydrogens is 126 g/mol. The lowest BCUT2D eigenvalue weighted by Crippen LogP contribution is -2.54. The van der Waals surface area contributed by atoms with Crippen molar-refractivity contribution in [3.63, 3.8) is 0 Å². The zero-order valence-corrected chi connectivity index (χ0v) is 7.07. The average Bonchev–Trinajstić information content (AvgIpc) is 2.13. The van der Waals surface area contributed by atoms with Gasteiger partial charge >= 0.3 is 0 Å². The fourth-order valence-electron chi connectivity index (χ4n) is 1.42. The third-order valence-electron chi connectivity index (χ3n) is 2.72. The predicted octanol–water partition coefficient (Wildman–Crippen LogP) is 0.899. The zero-order valence-electron chi connectivity index (χ0n) is 7.07. The van der Waals surface area contributed by atoms with Gasteiger partial charge in [0, 0.05) is 5.54 Å². The van der Waals surface area contributed by atoms with E-state index in [0.717, 1.165) is 13.0 Å². The Balaban J connectivity index is 2.67. The van der Waals surface area contributed by atoms with E-state index in [4.69, 9.17) is 0 Å². The highest BCUT2D eigenvalue weighted by atomic mass is 16.3. The van der Waals surface area contributed by atoms with E-state index in [1.807, 2.05) is 13.8 Å². The van der Waals surface area contributed by atoms with E-state index < -0.39 is 5.60 Å². The molecule has 1 atom stereocenters. The summed E-state index contributed by atoms with van der Waals surface area (Å²) in [6.45, 7) is 6.86. The van der Waals surface area contributed by atoms with Crippen LogP contribution in [-0.4, -0.2) is 22.8 Å². The summed E-state index contributed by atoms with van der Waals surface area (Å²) in [7, 11) is 0. The maximum atomic E-state index is 9.71. The summed E-state index contributed by atoms with van der Waals surface area (Å²) in [5.41, 5.74) is -0.656. The number of hydrogen-bond acceptors (Lipinski definition) is 2. The highest BCUT2D eigenvalue weighted by Gasteiger charge is 2.41. The molecule has 0 aromatic heterocycles. The van der Waals surface area contributed by atoms with E-state index >= 15 is 0 Å². The van der Waals surface area contributed by atoms with Crippen LogP contribution >= 0.6 is 0 Å². The van der Waals surface area contributed by atoms with Gasteiger partial charge in [-0.3, -0.25) is 0 Å². The molecule has 0 aliphatic carbocycles. The predicted molar refractivity (Wildman–Crippen MR) is 41.9 cm³/mol. The summed E-state index contributed by atoms with van der Waals surface area (Å²) in [6, 6.07) is 0. The fourth-order valence-corrected chi connectivity index (χ4v) is 1.42. The topological polar surface area (TPSA) is 32.3 Å². The summed E-state index contributed by atoms with van der Waals surface area (Å²) < 4.78 is 0. The Bertz CT molecular complexity index is 120. The van der Waals surface area contributed by atoms with Crippen LogP contribution in [-0.2, 0) is 0 Å². The minimum absolute atomic E-state index is 0.0625. The highest BCUT2D eigenvalue weighted by molar-refractivity contribution is 5.00. The zero-order chi connectivity index (χ0) is 7.83. The van der Waals surface area contributed by atoms with Crippen LogP contribution in [0, 0.1) is 0 Å². The number of hydrogen-bond donors (Lipinski definition) is 2. The van der Waals surface area contributed by atoms with Gasteiger partial charge in [0.25, 0.3) is 0 Å². The van der Waals surface area contributed by atoms with Crippen molar-refractivity contribution in [1.82, 2.24) is 5.32 Å². The molecule has 1 heterocycles. The van der Waals surface area contributed by atoms with E-state index in [1.165, 1.54) is 6.42 Å². The Morgan fingerprint density at radius 1 is 1.50 bits per heavy atom. The smallest absolute Gasteiger partial charge is 0.0769 e. The average molecular weight is 143 g/mol. The second kappa shape index (κ2) is 2.21. The van der Waals surface area contributed by atoms with Gasteiger partial charge in [0.15, 0.2) is 0 Å². The molecule has 2 nitrogen and oxygen atoms in total. The molecule has 60 valence electrons. The van der Waals surface area contributed by atoms with Crippen LogP contribution in [0.3, 0.4) is 0 Å². The number of nitrogens with one attached hydrogen (secondary N) is 1. The Morgan fingerprint density at radius 2 is 2.10 bits per heavy atom. The van der Waals surface area contributed by atoms with Crippen LogP contribution in [0.2, 0.25) is 0 Å². The largest absolute Gasteiger partial charge is 0.389 e. The van der Waals surface area contributed by atoms with Gasteiger partial charge in [0.1, 0.15) is 0 Å². The number of aliphatic hydroxyl groups is 1. The Labute approximate surface area is 62.6 Å². The molecule has 10 heavy (non-hydrogen) atoms. The molecule has 0 amide bonds. The second-order valence-electron chi connectivity index (χ2n) is 3.92. The first-order chi connectivity index (χ1) is 4.46. The van der Waals surface area contributed by atoms with Gasteiger partial charge in [0.05, 0.1) is 5.60 Å². The Hall–Kier alpha value is -0.0800.